The highest BCUT2D eigenvalue weighted by Crippen LogP contribution is 2.19. The molecule has 1 aromatic rings. The second-order valence-electron chi connectivity index (χ2n) is 6.93. The largest absolute Gasteiger partial charge is 0.508 e. The molecule has 23 heavy (non-hydrogen) atoms. The van der Waals surface area contributed by atoms with E-state index >= 15 is 0 Å². The number of likely N-dealkylation sites (tertiary alicyclic amines) is 1. The molecule has 2 aliphatic heterocycles. The van der Waals surface area contributed by atoms with Crippen molar-refractivity contribution < 1.29 is 9.90 Å². The Kier molecular flexibility index (Phi) is 5.18. The van der Waals surface area contributed by atoms with E-state index in [9.17, 15) is 9.90 Å². The number of nitrogens with zero attached hydrogens (tertiary/aromatic N) is 3. The average Bonchev–Trinajstić information content (AvgIpc) is 2.53. The molecule has 126 valence electrons. The zero-order valence-electron chi connectivity index (χ0n) is 13.9. The van der Waals surface area contributed by atoms with Crippen LogP contribution in [0.25, 0.3) is 0 Å². The minimum atomic E-state index is 0.289. The molecule has 2 saturated heterocycles. The van der Waals surface area contributed by atoms with E-state index in [0.29, 0.717) is 18.1 Å². The first kappa shape index (κ1) is 16.3. The van der Waals surface area contributed by atoms with Crippen molar-refractivity contribution in [3.63, 3.8) is 0 Å². The summed E-state index contributed by atoms with van der Waals surface area (Å²) in [5, 5.41) is 9.55. The topological polar surface area (TPSA) is 47.0 Å². The highest BCUT2D eigenvalue weighted by molar-refractivity contribution is 5.76. The first-order valence-corrected chi connectivity index (χ1v) is 8.57. The van der Waals surface area contributed by atoms with E-state index in [-0.39, 0.29) is 5.91 Å². The van der Waals surface area contributed by atoms with Gasteiger partial charge in [0.1, 0.15) is 5.75 Å². The number of phenols is 1. The van der Waals surface area contributed by atoms with Crippen molar-refractivity contribution in [3.8, 4) is 5.75 Å². The van der Waals surface area contributed by atoms with Crippen LogP contribution >= 0.6 is 0 Å². The average molecular weight is 317 g/mol. The first-order valence-electron chi connectivity index (χ1n) is 8.57. The summed E-state index contributed by atoms with van der Waals surface area (Å²) >= 11 is 0. The van der Waals surface area contributed by atoms with Crippen LogP contribution in [0.4, 0.5) is 0 Å². The van der Waals surface area contributed by atoms with E-state index in [1.807, 2.05) is 24.1 Å². The molecular weight excluding hydrogens is 290 g/mol. The summed E-state index contributed by atoms with van der Waals surface area (Å²) < 4.78 is 0. The molecule has 0 spiro atoms. The maximum Gasteiger partial charge on any atom is 0.222 e. The number of carbonyl (C=O) groups excluding carboxylic acids is 1. The van der Waals surface area contributed by atoms with Crippen molar-refractivity contribution in [3.05, 3.63) is 29.8 Å². The van der Waals surface area contributed by atoms with Crippen LogP contribution in [0.5, 0.6) is 5.75 Å². The third kappa shape index (κ3) is 4.45. The Balaban J connectivity index is 1.43. The van der Waals surface area contributed by atoms with Crippen molar-refractivity contribution in [2.45, 2.75) is 19.4 Å². The van der Waals surface area contributed by atoms with E-state index in [1.54, 1.807) is 6.07 Å². The molecule has 0 radical (unpaired) electrons. The minimum Gasteiger partial charge on any atom is -0.508 e. The number of hydrogen-bond donors (Lipinski definition) is 1. The molecule has 0 bridgehead atoms. The molecule has 0 aromatic heterocycles. The maximum absolute atomic E-state index is 11.6. The van der Waals surface area contributed by atoms with Gasteiger partial charge < -0.3 is 14.9 Å². The van der Waals surface area contributed by atoms with Crippen LogP contribution in [0.1, 0.15) is 18.4 Å². The molecule has 0 saturated carbocycles. The summed E-state index contributed by atoms with van der Waals surface area (Å²) in [4.78, 5) is 18.4. The highest BCUT2D eigenvalue weighted by Gasteiger charge is 2.26. The lowest BCUT2D eigenvalue weighted by Gasteiger charge is -2.38. The van der Waals surface area contributed by atoms with Crippen LogP contribution in [0.15, 0.2) is 24.3 Å². The molecule has 3 rings (SSSR count). The molecule has 2 heterocycles. The monoisotopic (exact) mass is 317 g/mol. The summed E-state index contributed by atoms with van der Waals surface area (Å²) in [7, 11) is 1.92. The van der Waals surface area contributed by atoms with Gasteiger partial charge in [0.15, 0.2) is 0 Å². The lowest BCUT2D eigenvalue weighted by atomic mass is 9.97. The summed E-state index contributed by atoms with van der Waals surface area (Å²) in [6.07, 6.45) is 1.74. The predicted molar refractivity (Wildman–Crippen MR) is 90.2 cm³/mol. The van der Waals surface area contributed by atoms with Gasteiger partial charge in [0.05, 0.1) is 0 Å². The fourth-order valence-corrected chi connectivity index (χ4v) is 3.66. The third-order valence-corrected chi connectivity index (χ3v) is 5.02. The Morgan fingerprint density at radius 3 is 2.61 bits per heavy atom. The van der Waals surface area contributed by atoms with Gasteiger partial charge in [-0.2, -0.15) is 0 Å². The molecular formula is C18H27N3O2. The molecule has 1 unspecified atom stereocenters. The van der Waals surface area contributed by atoms with Gasteiger partial charge in [-0.1, -0.05) is 12.1 Å². The Labute approximate surface area is 138 Å². The predicted octanol–water partition coefficient (Wildman–Crippen LogP) is 1.38. The smallest absolute Gasteiger partial charge is 0.222 e. The number of phenolic OH excluding ortho intramolecular Hbond substituents is 1. The minimum absolute atomic E-state index is 0.289. The fraction of sp³-hybridized carbons (Fsp3) is 0.611. The van der Waals surface area contributed by atoms with Crippen LogP contribution in [0.2, 0.25) is 0 Å². The van der Waals surface area contributed by atoms with Crippen molar-refractivity contribution >= 4 is 5.91 Å². The maximum atomic E-state index is 11.6. The number of carbonyl (C=O) groups is 1. The normalized spacial score (nSPS) is 24.1. The van der Waals surface area contributed by atoms with Crippen LogP contribution in [0, 0.1) is 5.92 Å². The van der Waals surface area contributed by atoms with Crippen LogP contribution in [-0.4, -0.2) is 72.0 Å². The molecule has 2 aliphatic rings. The molecule has 1 N–H and O–H groups in total. The Morgan fingerprint density at radius 1 is 1.17 bits per heavy atom. The van der Waals surface area contributed by atoms with Crippen molar-refractivity contribution in [1.82, 2.24) is 14.7 Å². The Morgan fingerprint density at radius 2 is 1.91 bits per heavy atom. The van der Waals surface area contributed by atoms with E-state index in [2.05, 4.69) is 15.9 Å². The van der Waals surface area contributed by atoms with Gasteiger partial charge >= 0.3 is 0 Å². The molecule has 1 aromatic carbocycles. The van der Waals surface area contributed by atoms with Crippen LogP contribution in [0.3, 0.4) is 0 Å². The van der Waals surface area contributed by atoms with E-state index < -0.39 is 0 Å². The molecule has 1 atom stereocenters. The highest BCUT2D eigenvalue weighted by atomic mass is 16.3. The number of hydrogen-bond acceptors (Lipinski definition) is 4. The van der Waals surface area contributed by atoms with Gasteiger partial charge in [-0.05, 0) is 30.0 Å². The van der Waals surface area contributed by atoms with E-state index in [1.165, 1.54) is 5.56 Å². The zero-order valence-corrected chi connectivity index (χ0v) is 13.9. The van der Waals surface area contributed by atoms with Crippen LogP contribution in [-0.2, 0) is 11.3 Å². The number of amides is 1. The third-order valence-electron chi connectivity index (χ3n) is 5.02. The first-order chi connectivity index (χ1) is 11.1. The van der Waals surface area contributed by atoms with Crippen molar-refractivity contribution in [1.29, 1.82) is 0 Å². The van der Waals surface area contributed by atoms with Gasteiger partial charge in [-0.3, -0.25) is 9.69 Å². The molecule has 2 fully saturated rings. The van der Waals surface area contributed by atoms with Crippen LogP contribution < -0.4 is 0 Å². The van der Waals surface area contributed by atoms with Gasteiger partial charge in [-0.25, -0.2) is 0 Å². The summed E-state index contributed by atoms with van der Waals surface area (Å²) in [5.41, 5.74) is 1.17. The van der Waals surface area contributed by atoms with E-state index in [4.69, 9.17) is 0 Å². The second kappa shape index (κ2) is 7.32. The van der Waals surface area contributed by atoms with E-state index in [0.717, 1.165) is 52.2 Å². The standard InChI is InChI=1S/C18H27N3O2/c1-19-12-16(5-6-18(19)23)14-21-9-7-20(8-10-21)13-15-3-2-4-17(22)11-15/h2-4,11,16,22H,5-10,12-14H2,1H3. The Bertz CT molecular complexity index is 541. The summed E-state index contributed by atoms with van der Waals surface area (Å²) in [6, 6.07) is 7.54. The number of benzene rings is 1. The quantitative estimate of drug-likeness (QED) is 0.911. The van der Waals surface area contributed by atoms with Gasteiger partial charge in [0.25, 0.3) is 0 Å². The SMILES string of the molecule is CN1CC(CN2CCN(Cc3cccc(O)c3)CC2)CCC1=O. The van der Waals surface area contributed by atoms with Gasteiger partial charge in [-0.15, -0.1) is 0 Å². The molecule has 5 heteroatoms. The second-order valence-corrected chi connectivity index (χ2v) is 6.93. The number of piperazine rings is 1. The molecule has 1 amide bonds. The zero-order chi connectivity index (χ0) is 16.2. The number of piperidine rings is 1. The van der Waals surface area contributed by atoms with Gasteiger partial charge in [0.2, 0.25) is 5.91 Å². The summed E-state index contributed by atoms with van der Waals surface area (Å²) in [5.74, 6) is 1.25. The number of aromatic hydroxyl groups is 1. The number of rotatable bonds is 4. The fourth-order valence-electron chi connectivity index (χ4n) is 3.66. The molecule has 5 nitrogen and oxygen atoms in total. The lowest BCUT2D eigenvalue weighted by Crippen LogP contribution is -2.49. The summed E-state index contributed by atoms with van der Waals surface area (Å²) in [6.45, 7) is 7.23. The van der Waals surface area contributed by atoms with Gasteiger partial charge in [0, 0.05) is 59.3 Å². The van der Waals surface area contributed by atoms with Crippen molar-refractivity contribution in [2.75, 3.05) is 46.3 Å². The lowest BCUT2D eigenvalue weighted by molar-refractivity contribution is -0.133. The Hall–Kier alpha value is -1.59. The molecule has 0 aliphatic carbocycles. The van der Waals surface area contributed by atoms with Crippen molar-refractivity contribution in [2.24, 2.45) is 5.92 Å².